The van der Waals surface area contributed by atoms with Crippen LogP contribution < -0.4 is 4.90 Å². The van der Waals surface area contributed by atoms with Crippen molar-refractivity contribution < 1.29 is 14.3 Å². The Hall–Kier alpha value is -2.82. The third kappa shape index (κ3) is 2.86. The molecule has 0 unspecified atom stereocenters. The minimum absolute atomic E-state index is 0.0499. The monoisotopic (exact) mass is 380 g/mol. The van der Waals surface area contributed by atoms with Gasteiger partial charge in [-0.05, 0) is 49.1 Å². The molecule has 1 aliphatic heterocycles. The second kappa shape index (κ2) is 6.97. The zero-order valence-electron chi connectivity index (χ0n) is 16.6. The minimum atomic E-state index is -0.855. The molecule has 2 aromatic carbocycles. The van der Waals surface area contributed by atoms with Crippen molar-refractivity contribution in [2.45, 2.75) is 33.7 Å². The number of hydrogen-bond donors (Lipinski definition) is 1. The van der Waals surface area contributed by atoms with Gasteiger partial charge in [-0.15, -0.1) is 0 Å². The van der Waals surface area contributed by atoms with E-state index < -0.39 is 12.6 Å². The molecule has 5 heteroatoms. The van der Waals surface area contributed by atoms with Gasteiger partial charge in [0.25, 0.3) is 0 Å². The van der Waals surface area contributed by atoms with Crippen LogP contribution in [0.1, 0.15) is 22.4 Å². The molecule has 146 valence electrons. The van der Waals surface area contributed by atoms with Crippen molar-refractivity contribution >= 4 is 22.6 Å². The van der Waals surface area contributed by atoms with Gasteiger partial charge in [-0.2, -0.15) is 0 Å². The first-order chi connectivity index (χ1) is 13.4. The lowest BCUT2D eigenvalue weighted by molar-refractivity contribution is -0.136. The molecule has 4 rings (SSSR count). The average molecular weight is 380 g/mol. The van der Waals surface area contributed by atoms with E-state index in [2.05, 4.69) is 46.7 Å². The quantitative estimate of drug-likeness (QED) is 0.701. The van der Waals surface area contributed by atoms with Crippen LogP contribution in [0.3, 0.4) is 0 Å². The highest BCUT2D eigenvalue weighted by Gasteiger charge is 2.28. The van der Waals surface area contributed by atoms with Crippen LogP contribution in [0.25, 0.3) is 22.0 Å². The number of aromatic nitrogens is 1. The number of halogens is 1. The summed E-state index contributed by atoms with van der Waals surface area (Å²) < 4.78 is 15.5. The van der Waals surface area contributed by atoms with Gasteiger partial charge in [-0.1, -0.05) is 29.8 Å². The van der Waals surface area contributed by atoms with Gasteiger partial charge < -0.3 is 14.6 Å². The second-order valence-corrected chi connectivity index (χ2v) is 7.64. The molecular formula is C23H25FN2O2. The van der Waals surface area contributed by atoms with Crippen molar-refractivity contribution in [3.05, 3.63) is 52.7 Å². The van der Waals surface area contributed by atoms with Gasteiger partial charge in [0, 0.05) is 30.7 Å². The lowest BCUT2D eigenvalue weighted by Crippen LogP contribution is -2.34. The van der Waals surface area contributed by atoms with Crippen LogP contribution in [-0.4, -0.2) is 35.4 Å². The summed E-state index contributed by atoms with van der Waals surface area (Å²) in [5.41, 5.74) is 8.17. The normalized spacial score (nSPS) is 13.4. The molecule has 0 saturated heterocycles. The molecule has 0 amide bonds. The number of anilines is 1. The average Bonchev–Trinajstić information content (AvgIpc) is 2.98. The molecular weight excluding hydrogens is 355 g/mol. The van der Waals surface area contributed by atoms with Crippen LogP contribution in [0.15, 0.2) is 30.3 Å². The van der Waals surface area contributed by atoms with E-state index >= 15 is 0 Å². The largest absolute Gasteiger partial charge is 0.481 e. The molecule has 1 N–H and O–H groups in total. The van der Waals surface area contributed by atoms with E-state index in [1.807, 2.05) is 13.8 Å². The first-order valence-electron chi connectivity index (χ1n) is 9.67. The summed E-state index contributed by atoms with van der Waals surface area (Å²) in [5.74, 6) is -0.855. The maximum Gasteiger partial charge on any atom is 0.307 e. The Morgan fingerprint density at radius 2 is 1.86 bits per heavy atom. The molecule has 0 saturated carbocycles. The number of carbonyl (C=O) groups is 1. The highest BCUT2D eigenvalue weighted by atomic mass is 19.1. The smallest absolute Gasteiger partial charge is 0.307 e. The van der Waals surface area contributed by atoms with Crippen LogP contribution in [0.5, 0.6) is 0 Å². The molecule has 28 heavy (non-hydrogen) atoms. The zero-order valence-corrected chi connectivity index (χ0v) is 16.6. The van der Waals surface area contributed by atoms with Crippen LogP contribution in [0.4, 0.5) is 10.1 Å². The topological polar surface area (TPSA) is 45.5 Å². The lowest BCUT2D eigenvalue weighted by atomic mass is 9.88. The Morgan fingerprint density at radius 1 is 1.14 bits per heavy atom. The van der Waals surface area contributed by atoms with Gasteiger partial charge in [0.2, 0.25) is 0 Å². The van der Waals surface area contributed by atoms with Gasteiger partial charge in [-0.3, -0.25) is 4.79 Å². The van der Waals surface area contributed by atoms with Crippen molar-refractivity contribution in [1.82, 2.24) is 4.57 Å². The molecule has 0 bridgehead atoms. The fourth-order valence-corrected chi connectivity index (χ4v) is 4.55. The van der Waals surface area contributed by atoms with Gasteiger partial charge in [0.15, 0.2) is 0 Å². The number of hydrogen-bond acceptors (Lipinski definition) is 2. The van der Waals surface area contributed by atoms with E-state index in [1.165, 1.54) is 0 Å². The van der Waals surface area contributed by atoms with Crippen LogP contribution in [-0.2, 0) is 17.8 Å². The summed E-state index contributed by atoms with van der Waals surface area (Å²) in [7, 11) is 0. The number of aliphatic carboxylic acids is 1. The third-order valence-electron chi connectivity index (χ3n) is 5.84. The van der Waals surface area contributed by atoms with Crippen LogP contribution in [0, 0.1) is 20.8 Å². The second-order valence-electron chi connectivity index (χ2n) is 7.64. The number of nitrogens with zero attached hydrogens (tertiary/aromatic N) is 2. The Labute approximate surface area is 164 Å². The van der Waals surface area contributed by atoms with E-state index in [9.17, 15) is 14.3 Å². The Bertz CT molecular complexity index is 1070. The fraction of sp³-hybridized carbons (Fsp3) is 0.348. The maximum atomic E-state index is 13.2. The summed E-state index contributed by atoms with van der Waals surface area (Å²) in [6.07, 6.45) is -0.0499. The van der Waals surface area contributed by atoms with Gasteiger partial charge in [-0.25, -0.2) is 4.39 Å². The molecule has 1 aliphatic rings. The molecule has 2 heterocycles. The molecule has 0 radical (unpaired) electrons. The van der Waals surface area contributed by atoms with Gasteiger partial charge in [0.05, 0.1) is 17.6 Å². The van der Waals surface area contributed by atoms with Crippen molar-refractivity contribution in [1.29, 1.82) is 0 Å². The van der Waals surface area contributed by atoms with Gasteiger partial charge >= 0.3 is 5.97 Å². The first kappa shape index (κ1) is 18.5. The number of benzene rings is 2. The standard InChI is InChI=1S/C23H25FN2O2/c1-14-4-6-17(7-5-14)21-18(13-20(27)28)16(3)22-23-19(21)12-15(2)26(23)11-10-25(22)9-8-24/h4-7,12H,8-11,13H2,1-3H3,(H,27,28). The third-order valence-corrected chi connectivity index (χ3v) is 5.84. The van der Waals surface area contributed by atoms with E-state index in [-0.39, 0.29) is 6.42 Å². The SMILES string of the molecule is Cc1ccc(-c2c(CC(=O)O)c(C)c3c4c2cc(C)n4CCN3CCF)cc1. The summed E-state index contributed by atoms with van der Waals surface area (Å²) >= 11 is 0. The maximum absolute atomic E-state index is 13.2. The van der Waals surface area contributed by atoms with Crippen molar-refractivity contribution in [2.75, 3.05) is 24.7 Å². The van der Waals surface area contributed by atoms with Crippen molar-refractivity contribution in [2.24, 2.45) is 0 Å². The Morgan fingerprint density at radius 3 is 2.50 bits per heavy atom. The zero-order chi connectivity index (χ0) is 20.0. The number of carboxylic acids is 1. The number of carboxylic acid groups (broad SMARTS) is 1. The first-order valence-corrected chi connectivity index (χ1v) is 9.67. The van der Waals surface area contributed by atoms with Crippen LogP contribution in [0.2, 0.25) is 0 Å². The van der Waals surface area contributed by atoms with E-state index in [1.54, 1.807) is 0 Å². The minimum Gasteiger partial charge on any atom is -0.481 e. The summed E-state index contributed by atoms with van der Waals surface area (Å²) in [6, 6.07) is 10.4. The summed E-state index contributed by atoms with van der Waals surface area (Å²) in [4.78, 5) is 13.8. The lowest BCUT2D eigenvalue weighted by Gasteiger charge is -2.33. The Kier molecular flexibility index (Phi) is 4.61. The fourth-order valence-electron chi connectivity index (χ4n) is 4.55. The number of rotatable bonds is 5. The molecule has 3 aromatic rings. The highest BCUT2D eigenvalue weighted by Crippen LogP contribution is 2.44. The molecule has 1 aromatic heterocycles. The van der Waals surface area contributed by atoms with E-state index in [0.717, 1.165) is 63.2 Å². The molecule has 0 atom stereocenters. The molecule has 0 fully saturated rings. The highest BCUT2D eigenvalue weighted by molar-refractivity contribution is 6.07. The predicted molar refractivity (Wildman–Crippen MR) is 111 cm³/mol. The van der Waals surface area contributed by atoms with Crippen molar-refractivity contribution in [3.8, 4) is 11.1 Å². The molecule has 4 nitrogen and oxygen atoms in total. The molecule has 0 spiro atoms. The molecule has 0 aliphatic carbocycles. The summed E-state index contributed by atoms with van der Waals surface area (Å²) in [6.45, 7) is 7.56. The Balaban J connectivity index is 2.11. The summed E-state index contributed by atoms with van der Waals surface area (Å²) in [5, 5.41) is 10.7. The van der Waals surface area contributed by atoms with Gasteiger partial charge in [0.1, 0.15) is 6.67 Å². The van der Waals surface area contributed by atoms with E-state index in [0.29, 0.717) is 6.54 Å². The van der Waals surface area contributed by atoms with Crippen LogP contribution >= 0.6 is 0 Å². The van der Waals surface area contributed by atoms with Crippen molar-refractivity contribution in [3.63, 3.8) is 0 Å². The number of aryl methyl sites for hydroxylation is 2. The predicted octanol–water partition coefficient (Wildman–Crippen LogP) is 4.65. The van der Waals surface area contributed by atoms with E-state index in [4.69, 9.17) is 0 Å². The number of alkyl halides is 1.